The fourth-order valence-electron chi connectivity index (χ4n) is 2.81. The standard InChI is InChI=1S/C23H31N7OS/c1-6-8-9-20(31)24-15-10-12-16(13-11-15)32-22-27-18(7-2)25-21(28-22)26-19-14-17(29-30-19)23(3,4)5/h10-14H,6-9H2,1-5H3,(H,24,31)(H2,25,26,27,28,29,30). The van der Waals surface area contributed by atoms with Crippen molar-refractivity contribution < 1.29 is 4.79 Å². The Balaban J connectivity index is 1.70. The molecule has 9 heteroatoms. The second-order valence-electron chi connectivity index (χ2n) is 8.53. The molecule has 3 rings (SSSR count). The Hall–Kier alpha value is -2.94. The molecule has 0 saturated carbocycles. The van der Waals surface area contributed by atoms with Gasteiger partial charge >= 0.3 is 0 Å². The van der Waals surface area contributed by atoms with Crippen LogP contribution in [0, 0.1) is 0 Å². The summed E-state index contributed by atoms with van der Waals surface area (Å²) in [4.78, 5) is 26.5. The van der Waals surface area contributed by atoms with Gasteiger partial charge in [0, 0.05) is 40.6 Å². The summed E-state index contributed by atoms with van der Waals surface area (Å²) < 4.78 is 0. The molecule has 0 atom stereocenters. The van der Waals surface area contributed by atoms with Gasteiger partial charge in [0.1, 0.15) is 5.82 Å². The number of nitrogens with zero attached hydrogens (tertiary/aromatic N) is 4. The Kier molecular flexibility index (Phi) is 7.84. The molecule has 2 aromatic heterocycles. The first-order valence-electron chi connectivity index (χ1n) is 10.9. The summed E-state index contributed by atoms with van der Waals surface area (Å²) in [5, 5.41) is 14.1. The molecule has 170 valence electrons. The van der Waals surface area contributed by atoms with E-state index in [1.807, 2.05) is 37.3 Å². The van der Waals surface area contributed by atoms with Gasteiger partial charge in [-0.2, -0.15) is 15.1 Å². The van der Waals surface area contributed by atoms with Gasteiger partial charge in [-0.3, -0.25) is 9.89 Å². The van der Waals surface area contributed by atoms with Crippen LogP contribution in [-0.2, 0) is 16.6 Å². The van der Waals surface area contributed by atoms with Gasteiger partial charge in [0.05, 0.1) is 0 Å². The molecule has 1 amide bonds. The molecule has 32 heavy (non-hydrogen) atoms. The second kappa shape index (κ2) is 10.6. The van der Waals surface area contributed by atoms with Crippen molar-refractivity contribution in [3.63, 3.8) is 0 Å². The Labute approximate surface area is 193 Å². The third kappa shape index (κ3) is 6.78. The van der Waals surface area contributed by atoms with E-state index >= 15 is 0 Å². The first-order valence-corrected chi connectivity index (χ1v) is 11.7. The van der Waals surface area contributed by atoms with Crippen molar-refractivity contribution in [2.24, 2.45) is 0 Å². The highest BCUT2D eigenvalue weighted by Gasteiger charge is 2.17. The Morgan fingerprint density at radius 1 is 1.09 bits per heavy atom. The van der Waals surface area contributed by atoms with Crippen LogP contribution in [0.15, 0.2) is 40.4 Å². The van der Waals surface area contributed by atoms with E-state index in [4.69, 9.17) is 0 Å². The molecule has 8 nitrogen and oxygen atoms in total. The average molecular weight is 454 g/mol. The zero-order valence-electron chi connectivity index (χ0n) is 19.3. The van der Waals surface area contributed by atoms with Crippen LogP contribution in [0.25, 0.3) is 0 Å². The monoisotopic (exact) mass is 453 g/mol. The van der Waals surface area contributed by atoms with Crippen LogP contribution in [0.1, 0.15) is 65.4 Å². The van der Waals surface area contributed by atoms with E-state index in [1.54, 1.807) is 0 Å². The third-order valence-electron chi connectivity index (χ3n) is 4.71. The number of hydrogen-bond donors (Lipinski definition) is 3. The molecular weight excluding hydrogens is 422 g/mol. The molecule has 3 N–H and O–H groups in total. The predicted octanol–water partition coefficient (Wildman–Crippen LogP) is 5.48. The van der Waals surface area contributed by atoms with Crippen molar-refractivity contribution in [3.8, 4) is 0 Å². The molecule has 0 radical (unpaired) electrons. The second-order valence-corrected chi connectivity index (χ2v) is 9.57. The number of H-pyrrole nitrogens is 1. The third-order valence-corrected chi connectivity index (χ3v) is 5.58. The van der Waals surface area contributed by atoms with Crippen molar-refractivity contribution in [1.82, 2.24) is 25.1 Å². The first-order chi connectivity index (χ1) is 15.3. The Bertz CT molecular complexity index is 1040. The van der Waals surface area contributed by atoms with Crippen molar-refractivity contribution in [2.75, 3.05) is 10.6 Å². The maximum atomic E-state index is 11.9. The minimum Gasteiger partial charge on any atom is -0.326 e. The minimum absolute atomic E-state index is 0.0245. The lowest BCUT2D eigenvalue weighted by Gasteiger charge is -2.14. The van der Waals surface area contributed by atoms with Crippen LogP contribution in [0.2, 0.25) is 0 Å². The molecule has 0 fully saturated rings. The summed E-state index contributed by atoms with van der Waals surface area (Å²) in [6.45, 7) is 10.5. The van der Waals surface area contributed by atoms with Crippen LogP contribution in [0.5, 0.6) is 0 Å². The van der Waals surface area contributed by atoms with Crippen molar-refractivity contribution in [3.05, 3.63) is 41.9 Å². The Morgan fingerprint density at radius 3 is 2.47 bits per heavy atom. The number of aryl methyl sites for hydroxylation is 1. The highest BCUT2D eigenvalue weighted by Crippen LogP contribution is 2.28. The number of hydrogen-bond acceptors (Lipinski definition) is 7. The van der Waals surface area contributed by atoms with Crippen LogP contribution in [0.3, 0.4) is 0 Å². The molecular formula is C23H31N7OS. The van der Waals surface area contributed by atoms with E-state index in [1.165, 1.54) is 11.8 Å². The van der Waals surface area contributed by atoms with E-state index in [-0.39, 0.29) is 11.3 Å². The quantitative estimate of drug-likeness (QED) is 0.394. The van der Waals surface area contributed by atoms with Gasteiger partial charge in [-0.05, 0) is 42.4 Å². The molecule has 2 heterocycles. The molecule has 0 aliphatic carbocycles. The minimum atomic E-state index is -0.0245. The number of nitrogens with one attached hydrogen (secondary N) is 3. The van der Waals surface area contributed by atoms with E-state index in [0.29, 0.717) is 35.6 Å². The summed E-state index contributed by atoms with van der Waals surface area (Å²) in [6, 6.07) is 9.66. The van der Waals surface area contributed by atoms with Gasteiger partial charge in [-0.15, -0.1) is 0 Å². The van der Waals surface area contributed by atoms with E-state index in [9.17, 15) is 4.79 Å². The summed E-state index contributed by atoms with van der Waals surface area (Å²) >= 11 is 1.45. The maximum Gasteiger partial charge on any atom is 0.232 e. The molecule has 1 aromatic carbocycles. The molecule has 3 aromatic rings. The van der Waals surface area contributed by atoms with Crippen molar-refractivity contribution in [1.29, 1.82) is 0 Å². The highest BCUT2D eigenvalue weighted by molar-refractivity contribution is 7.99. The number of anilines is 3. The fraction of sp³-hybridized carbons (Fsp3) is 0.435. The van der Waals surface area contributed by atoms with Crippen LogP contribution in [-0.4, -0.2) is 31.1 Å². The number of amides is 1. The molecule has 0 spiro atoms. The van der Waals surface area contributed by atoms with Gasteiger partial charge in [-0.1, -0.05) is 41.0 Å². The normalized spacial score (nSPS) is 11.4. The summed E-state index contributed by atoms with van der Waals surface area (Å²) in [7, 11) is 0. The summed E-state index contributed by atoms with van der Waals surface area (Å²) in [6.07, 6.45) is 3.14. The van der Waals surface area contributed by atoms with Gasteiger partial charge in [0.2, 0.25) is 11.9 Å². The average Bonchev–Trinajstić information content (AvgIpc) is 3.22. The smallest absolute Gasteiger partial charge is 0.232 e. The van der Waals surface area contributed by atoms with Crippen molar-refractivity contribution in [2.45, 2.75) is 75.8 Å². The number of aromatic nitrogens is 5. The lowest BCUT2D eigenvalue weighted by Crippen LogP contribution is -2.11. The lowest BCUT2D eigenvalue weighted by molar-refractivity contribution is -0.116. The zero-order chi connectivity index (χ0) is 23.1. The first kappa shape index (κ1) is 23.7. The number of carbonyl (C=O) groups excluding carboxylic acids is 1. The number of aromatic amines is 1. The Morgan fingerprint density at radius 2 is 1.84 bits per heavy atom. The summed E-state index contributed by atoms with van der Waals surface area (Å²) in [5.41, 5.74) is 1.79. The maximum absolute atomic E-state index is 11.9. The van der Waals surface area contributed by atoms with Gasteiger partial charge in [0.15, 0.2) is 11.0 Å². The number of carbonyl (C=O) groups is 1. The molecule has 0 unspecified atom stereocenters. The fourth-order valence-corrected chi connectivity index (χ4v) is 3.58. The van der Waals surface area contributed by atoms with Crippen LogP contribution >= 0.6 is 11.8 Å². The van der Waals surface area contributed by atoms with Gasteiger partial charge in [0.25, 0.3) is 0 Å². The molecule has 0 aliphatic rings. The summed E-state index contributed by atoms with van der Waals surface area (Å²) in [5.74, 6) is 1.88. The van der Waals surface area contributed by atoms with Crippen LogP contribution < -0.4 is 10.6 Å². The van der Waals surface area contributed by atoms with E-state index < -0.39 is 0 Å². The lowest BCUT2D eigenvalue weighted by atomic mass is 9.92. The zero-order valence-corrected chi connectivity index (χ0v) is 20.1. The molecule has 0 saturated heterocycles. The number of benzene rings is 1. The number of rotatable bonds is 9. The highest BCUT2D eigenvalue weighted by atomic mass is 32.2. The number of unbranched alkanes of at least 4 members (excludes halogenated alkanes) is 1. The van der Waals surface area contributed by atoms with E-state index in [0.717, 1.165) is 29.1 Å². The topological polar surface area (TPSA) is 108 Å². The predicted molar refractivity (Wildman–Crippen MR) is 128 cm³/mol. The SMILES string of the molecule is CCCCC(=O)Nc1ccc(Sc2nc(CC)nc(Nc3cc(C(C)(C)C)[nH]n3)n2)cc1. The van der Waals surface area contributed by atoms with Crippen molar-refractivity contribution >= 4 is 35.1 Å². The van der Waals surface area contributed by atoms with Gasteiger partial charge in [-0.25, -0.2) is 4.98 Å². The largest absolute Gasteiger partial charge is 0.326 e. The molecule has 0 bridgehead atoms. The van der Waals surface area contributed by atoms with E-state index in [2.05, 4.69) is 63.5 Å². The van der Waals surface area contributed by atoms with Gasteiger partial charge < -0.3 is 10.6 Å². The van der Waals surface area contributed by atoms with Crippen LogP contribution in [0.4, 0.5) is 17.5 Å². The molecule has 0 aliphatic heterocycles.